The van der Waals surface area contributed by atoms with Crippen LogP contribution in [0.25, 0.3) is 39.1 Å². The van der Waals surface area contributed by atoms with Crippen LogP contribution in [0.3, 0.4) is 0 Å². The molecule has 11 N–H and O–H groups in total. The second kappa shape index (κ2) is 15.7. The first-order chi connectivity index (χ1) is 26.8. The molecule has 0 fully saturated rings. The van der Waals surface area contributed by atoms with Gasteiger partial charge in [-0.15, -0.1) is 0 Å². The number of primary amides is 1. The van der Waals surface area contributed by atoms with E-state index in [4.69, 9.17) is 35.0 Å². The molecule has 1 spiro atoms. The molecule has 9 bridgehead atoms. The third kappa shape index (κ3) is 7.27. The number of aromatic nitrogens is 2. The first-order valence-corrected chi connectivity index (χ1v) is 20.6. The van der Waals surface area contributed by atoms with Crippen molar-refractivity contribution >= 4 is 59.2 Å². The van der Waals surface area contributed by atoms with E-state index in [1.165, 1.54) is 0 Å². The van der Waals surface area contributed by atoms with Crippen molar-refractivity contribution in [2.24, 2.45) is 17.4 Å². The van der Waals surface area contributed by atoms with E-state index >= 15 is 0 Å². The number of oxazole rings is 1. The van der Waals surface area contributed by atoms with Gasteiger partial charge in [0.05, 0.1) is 17.9 Å². The van der Waals surface area contributed by atoms with Crippen LogP contribution in [0.5, 0.6) is 5.75 Å². The van der Waals surface area contributed by atoms with Gasteiger partial charge in [0.1, 0.15) is 22.9 Å². The van der Waals surface area contributed by atoms with Crippen molar-refractivity contribution in [3.05, 3.63) is 95.6 Å². The van der Waals surface area contributed by atoms with Crippen LogP contribution in [0.15, 0.2) is 77.5 Å². The van der Waals surface area contributed by atoms with Crippen LogP contribution in [0.4, 0.5) is 5.69 Å². The minimum atomic E-state index is -2.13. The molecule has 0 saturated heterocycles. The summed E-state index contributed by atoms with van der Waals surface area (Å²) in [5, 5.41) is 10.6. The first kappa shape index (κ1) is 39.0. The molecule has 0 radical (unpaired) electrons. The van der Waals surface area contributed by atoms with Gasteiger partial charge >= 0.3 is 0 Å². The summed E-state index contributed by atoms with van der Waals surface area (Å²) in [7, 11) is -2.13. The van der Waals surface area contributed by atoms with Gasteiger partial charge in [-0.2, -0.15) is 0 Å². The molecule has 2 aromatic heterocycles. The van der Waals surface area contributed by atoms with Crippen molar-refractivity contribution in [3.8, 4) is 28.2 Å². The first-order valence-electron chi connectivity index (χ1n) is 17.9. The fourth-order valence-corrected chi connectivity index (χ4v) is 7.65. The van der Waals surface area contributed by atoms with E-state index in [0.29, 0.717) is 30.2 Å². The number of aryl methyl sites for hydroxylation is 1. The van der Waals surface area contributed by atoms with Crippen molar-refractivity contribution in [2.45, 2.75) is 63.8 Å². The number of nitrogens with one attached hydrogen (secondary N) is 4. The zero-order valence-corrected chi connectivity index (χ0v) is 32.4. The zero-order chi connectivity index (χ0) is 39.9. The lowest BCUT2D eigenvalue weighted by atomic mass is 9.74. The molecule has 5 aromatic rings. The Kier molecular flexibility index (Phi) is 11.0. The lowest BCUT2D eigenvalue weighted by Gasteiger charge is -2.27. The summed E-state index contributed by atoms with van der Waals surface area (Å²) in [4.78, 5) is 60.4. The average molecular weight is 800 g/mol. The second-order valence-electron chi connectivity index (χ2n) is 14.4. The highest BCUT2D eigenvalue weighted by Gasteiger charge is 2.56. The second-order valence-corrected chi connectivity index (χ2v) is 16.5. The van der Waals surface area contributed by atoms with E-state index in [2.05, 4.69) is 56.3 Å². The fraction of sp³-hybridized carbons (Fsp3) is 0.282. The van der Waals surface area contributed by atoms with E-state index < -0.39 is 37.2 Å². The van der Waals surface area contributed by atoms with Crippen LogP contribution in [-0.4, -0.2) is 60.3 Å². The fourth-order valence-electron chi connectivity index (χ4n) is 7.65. The maximum Gasteiger partial charge on any atom is 0.261 e. The molecule has 3 aromatic carbocycles. The number of carbonyl (C=O) groups excluding carboxylic acids is 3. The van der Waals surface area contributed by atoms with Gasteiger partial charge in [-0.25, -0.2) is 4.98 Å². The molecule has 9 rings (SSSR count). The Balaban J connectivity index is 0.000000351. The molecule has 4 aliphatic heterocycles. The molecular weight excluding hydrogens is 758 g/mol. The van der Waals surface area contributed by atoms with Crippen molar-refractivity contribution in [1.29, 1.82) is 0 Å². The number of benzene rings is 3. The van der Waals surface area contributed by atoms with Crippen LogP contribution in [0, 0.1) is 5.92 Å². The van der Waals surface area contributed by atoms with E-state index in [9.17, 15) is 14.4 Å². The van der Waals surface area contributed by atoms with Gasteiger partial charge in [0.25, 0.3) is 7.58 Å². The van der Waals surface area contributed by atoms with Gasteiger partial charge in [0, 0.05) is 58.4 Å². The zero-order valence-electron chi connectivity index (χ0n) is 30.7. The number of hydrogen-bond acceptors (Lipinski definition) is 12. The van der Waals surface area contributed by atoms with Gasteiger partial charge < -0.3 is 55.9 Å². The van der Waals surface area contributed by atoms with Crippen LogP contribution in [0.1, 0.15) is 56.2 Å². The lowest BCUT2D eigenvalue weighted by Crippen LogP contribution is -2.55. The number of carbonyl (C=O) groups is 3. The SMILES string of the molecule is CC(C)CC(N)=O.CC(N)C1NC(=O)CCc2ccc3c(c2)C24/C=C(/NC1=O)c1ncc(o1)-c1c[nH]c5cccc(c15)-c1cccc2c1NC4O3.OSP(O)O. The number of ether oxygens (including phenoxy) is 1. The van der Waals surface area contributed by atoms with Crippen LogP contribution < -0.4 is 32.2 Å². The number of H-pyrrole nitrogens is 1. The normalized spacial score (nSPS) is 21.5. The van der Waals surface area contributed by atoms with Crippen LogP contribution in [0.2, 0.25) is 0 Å². The highest BCUT2D eigenvalue weighted by molar-refractivity contribution is 8.49. The number of amides is 3. The summed E-state index contributed by atoms with van der Waals surface area (Å²) < 4.78 is 20.7. The Hall–Kier alpha value is -5.22. The number of rotatable bonds is 4. The lowest BCUT2D eigenvalue weighted by molar-refractivity contribution is -0.128. The van der Waals surface area contributed by atoms with Gasteiger partial charge in [-0.3, -0.25) is 14.4 Å². The molecule has 4 aliphatic rings. The van der Waals surface area contributed by atoms with E-state index in [-0.39, 0.29) is 35.8 Å². The van der Waals surface area contributed by atoms with Crippen LogP contribution >= 0.6 is 19.2 Å². The smallest absolute Gasteiger partial charge is 0.261 e. The number of hydrogen-bond donors (Lipinski definition) is 9. The minimum absolute atomic E-state index is 0.0556. The number of aromatic amines is 1. The molecule has 4 unspecified atom stereocenters. The van der Waals surface area contributed by atoms with Gasteiger partial charge in [0.15, 0.2) is 12.0 Å². The number of nitrogens with two attached hydrogens (primary N) is 2. The Morgan fingerprint density at radius 2 is 1.79 bits per heavy atom. The molecule has 56 heavy (non-hydrogen) atoms. The van der Waals surface area contributed by atoms with E-state index in [1.807, 2.05) is 50.4 Å². The highest BCUT2D eigenvalue weighted by atomic mass is 32.7. The summed E-state index contributed by atoms with van der Waals surface area (Å²) in [6.45, 7) is 5.62. The maximum atomic E-state index is 13.9. The Morgan fingerprint density at radius 3 is 2.48 bits per heavy atom. The van der Waals surface area contributed by atoms with Gasteiger partial charge in [-0.1, -0.05) is 56.3 Å². The molecule has 292 valence electrons. The number of anilines is 1. The molecule has 6 heterocycles. The summed E-state index contributed by atoms with van der Waals surface area (Å²) >= 11 is 0.0556. The maximum absolute atomic E-state index is 13.9. The highest BCUT2D eigenvalue weighted by Crippen LogP contribution is 2.58. The van der Waals surface area contributed by atoms with Crippen molar-refractivity contribution in [3.63, 3.8) is 0 Å². The number of para-hydroxylation sites is 1. The predicted octanol–water partition coefficient (Wildman–Crippen LogP) is 5.09. The Bertz CT molecular complexity index is 2360. The number of nitrogens with zero attached hydrogens (tertiary/aromatic N) is 1. The molecule has 15 nitrogen and oxygen atoms in total. The quantitative estimate of drug-likeness (QED) is 0.0852. The van der Waals surface area contributed by atoms with Crippen molar-refractivity contribution in [2.75, 3.05) is 5.32 Å². The van der Waals surface area contributed by atoms with E-state index in [1.54, 1.807) is 13.1 Å². The summed E-state index contributed by atoms with van der Waals surface area (Å²) in [6.07, 6.45) is 6.25. The molecule has 4 atom stereocenters. The summed E-state index contributed by atoms with van der Waals surface area (Å²) in [6, 6.07) is 16.9. The van der Waals surface area contributed by atoms with Crippen molar-refractivity contribution in [1.82, 2.24) is 20.6 Å². The van der Waals surface area contributed by atoms with Crippen LogP contribution in [-0.2, 0) is 26.2 Å². The number of fused-ring (bicyclic) bond motifs is 6. The molecule has 0 saturated carbocycles. The van der Waals surface area contributed by atoms with Crippen molar-refractivity contribution < 1.29 is 37.9 Å². The molecule has 3 amide bonds. The average Bonchev–Trinajstić information content (AvgIpc) is 3.93. The van der Waals surface area contributed by atoms with E-state index in [0.717, 1.165) is 55.7 Å². The Morgan fingerprint density at radius 1 is 1.04 bits per heavy atom. The minimum Gasteiger partial charge on any atom is -0.469 e. The standard InChI is InChI=1S/C34H28N6O4.C5H11NO.H3O3PS/c1-16(35)29-31(42)38-24-13-34-21-6-2-5-19(18-4-3-7-23-28(18)20(14-36-23)26-15-37-32(24)43-26)30(21)40-33(34)44-25-10-8-17(12-22(25)34)9-11-27(41)39-29;1-4(2)3-5(6)7;1-4(2)5-3/h2-8,10,12-16,29,33,36,40H,9,11,35H2,1H3,(H,38,42)(H,39,41);4H,3H2,1-2H3,(H2,6,7);1-3H/b24-13+;;. The summed E-state index contributed by atoms with van der Waals surface area (Å²) in [5.74, 6) is 0.981. The monoisotopic (exact) mass is 799 g/mol. The largest absolute Gasteiger partial charge is 0.469 e. The Labute approximate surface area is 327 Å². The summed E-state index contributed by atoms with van der Waals surface area (Å²) in [5.41, 5.74) is 18.3. The predicted molar refractivity (Wildman–Crippen MR) is 215 cm³/mol. The van der Waals surface area contributed by atoms with Gasteiger partial charge in [-0.05, 0) is 54.2 Å². The molecular formula is C39H42N7O8PS. The third-order valence-corrected chi connectivity index (χ3v) is 10.6. The molecule has 17 heteroatoms. The third-order valence-electron chi connectivity index (χ3n) is 10.0. The topological polar surface area (TPSA) is 251 Å². The molecule has 0 aliphatic carbocycles. The van der Waals surface area contributed by atoms with Gasteiger partial charge in [0.2, 0.25) is 23.6 Å².